The maximum absolute atomic E-state index is 11.8. The molecule has 3 N–H and O–H groups in total. The van der Waals surface area contributed by atoms with Crippen LogP contribution in [0.15, 0.2) is 4.99 Å². The van der Waals surface area contributed by atoms with Gasteiger partial charge in [0.15, 0.2) is 5.96 Å². The maximum Gasteiger partial charge on any atom is 0.407 e. The minimum absolute atomic E-state index is 0.103. The van der Waals surface area contributed by atoms with Gasteiger partial charge in [0.2, 0.25) is 0 Å². The summed E-state index contributed by atoms with van der Waals surface area (Å²) in [5.74, 6) is 0.752. The summed E-state index contributed by atoms with van der Waals surface area (Å²) in [6.07, 6.45) is -0.419. The summed E-state index contributed by atoms with van der Waals surface area (Å²) in [4.78, 5) is 18.2. The molecule has 0 saturated heterocycles. The zero-order valence-electron chi connectivity index (χ0n) is 14.6. The summed E-state index contributed by atoms with van der Waals surface area (Å²) < 4.78 is 5.27. The second kappa shape index (κ2) is 8.74. The molecule has 21 heavy (non-hydrogen) atoms. The molecule has 0 heterocycles. The Morgan fingerprint density at radius 2 is 1.81 bits per heavy atom. The van der Waals surface area contributed by atoms with E-state index in [1.54, 1.807) is 0 Å². The van der Waals surface area contributed by atoms with E-state index in [1.165, 1.54) is 0 Å². The topological polar surface area (TPSA) is 80.0 Å². The number of ether oxygens (including phenoxy) is 1. The minimum atomic E-state index is -0.505. The predicted octanol–water partition coefficient (Wildman–Crippen LogP) is 2.19. The molecule has 0 aliphatic rings. The molecule has 0 aromatic rings. The van der Waals surface area contributed by atoms with Crippen molar-refractivity contribution in [3.05, 3.63) is 0 Å². The van der Waals surface area contributed by atoms with Gasteiger partial charge in [-0.2, -0.15) is 0 Å². The molecule has 1 unspecified atom stereocenters. The van der Waals surface area contributed by atoms with Crippen molar-refractivity contribution >= 4 is 12.1 Å². The van der Waals surface area contributed by atoms with Crippen molar-refractivity contribution in [3.63, 3.8) is 0 Å². The lowest BCUT2D eigenvalue weighted by Gasteiger charge is -2.25. The summed E-state index contributed by atoms with van der Waals surface area (Å²) in [6, 6.07) is -0.103. The molecule has 0 spiro atoms. The van der Waals surface area contributed by atoms with Crippen LogP contribution in [0.2, 0.25) is 0 Å². The maximum atomic E-state index is 11.8. The van der Waals surface area contributed by atoms with Crippen LogP contribution in [0.1, 0.15) is 48.5 Å². The average molecular weight is 300 g/mol. The zero-order valence-corrected chi connectivity index (χ0v) is 14.6. The molecule has 6 nitrogen and oxygen atoms in total. The van der Waals surface area contributed by atoms with Gasteiger partial charge in [0.05, 0.1) is 12.6 Å². The lowest BCUT2D eigenvalue weighted by molar-refractivity contribution is 0.0493. The first kappa shape index (κ1) is 19.5. The Labute approximate surface area is 129 Å². The predicted molar refractivity (Wildman–Crippen MR) is 87.4 cm³/mol. The lowest BCUT2D eigenvalue weighted by atomic mass is 10.1. The van der Waals surface area contributed by atoms with Gasteiger partial charge in [-0.3, -0.25) is 4.99 Å². The largest absolute Gasteiger partial charge is 0.444 e. The summed E-state index contributed by atoms with van der Waals surface area (Å²) in [7, 11) is 0. The highest BCUT2D eigenvalue weighted by Crippen LogP contribution is 2.09. The molecule has 0 fully saturated rings. The summed E-state index contributed by atoms with van der Waals surface area (Å²) in [5.41, 5.74) is 5.45. The van der Waals surface area contributed by atoms with Crippen molar-refractivity contribution in [2.24, 2.45) is 16.6 Å². The number of rotatable bonds is 6. The number of carbonyl (C=O) groups excluding carboxylic acids is 1. The zero-order chi connectivity index (χ0) is 16.6. The van der Waals surface area contributed by atoms with Crippen LogP contribution in [0.4, 0.5) is 4.79 Å². The van der Waals surface area contributed by atoms with Gasteiger partial charge in [0, 0.05) is 13.1 Å². The first-order valence-corrected chi connectivity index (χ1v) is 7.65. The van der Waals surface area contributed by atoms with Crippen molar-refractivity contribution in [1.29, 1.82) is 0 Å². The second-order valence-electron chi connectivity index (χ2n) is 6.37. The Bertz CT molecular complexity index is 344. The molecular formula is C15H32N4O2. The summed E-state index contributed by atoms with van der Waals surface area (Å²) in [5, 5.41) is 2.86. The molecule has 0 rings (SSSR count). The Kier molecular flexibility index (Phi) is 8.14. The van der Waals surface area contributed by atoms with Gasteiger partial charge in [-0.05, 0) is 40.5 Å². The molecule has 124 valence electrons. The molecule has 6 heteroatoms. The highest BCUT2D eigenvalue weighted by Gasteiger charge is 2.21. The Hall–Kier alpha value is -1.46. The quantitative estimate of drug-likeness (QED) is 0.582. The monoisotopic (exact) mass is 300 g/mol. The van der Waals surface area contributed by atoms with Crippen LogP contribution in [-0.2, 0) is 4.74 Å². The van der Waals surface area contributed by atoms with Crippen LogP contribution in [0.5, 0.6) is 0 Å². The van der Waals surface area contributed by atoms with E-state index >= 15 is 0 Å². The van der Waals surface area contributed by atoms with Gasteiger partial charge >= 0.3 is 6.09 Å². The number of nitrogens with two attached hydrogens (primary N) is 1. The van der Waals surface area contributed by atoms with Gasteiger partial charge < -0.3 is 20.7 Å². The molecule has 0 aliphatic heterocycles. The van der Waals surface area contributed by atoms with Gasteiger partial charge in [-0.15, -0.1) is 0 Å². The normalized spacial score (nSPS) is 14.0. The number of guanidine groups is 1. The van der Waals surface area contributed by atoms with Gasteiger partial charge in [0.25, 0.3) is 0 Å². The van der Waals surface area contributed by atoms with Gasteiger partial charge in [0.1, 0.15) is 5.60 Å². The van der Waals surface area contributed by atoms with Crippen LogP contribution in [0.25, 0.3) is 0 Å². The Balaban J connectivity index is 4.64. The van der Waals surface area contributed by atoms with Crippen molar-refractivity contribution in [3.8, 4) is 0 Å². The number of hydrogen-bond donors (Lipinski definition) is 2. The van der Waals surface area contributed by atoms with Crippen molar-refractivity contribution < 1.29 is 9.53 Å². The van der Waals surface area contributed by atoms with E-state index in [4.69, 9.17) is 10.5 Å². The first-order valence-electron chi connectivity index (χ1n) is 7.65. The molecule has 1 amide bonds. The summed E-state index contributed by atoms with van der Waals surface area (Å²) in [6.45, 7) is 15.7. The minimum Gasteiger partial charge on any atom is -0.444 e. The van der Waals surface area contributed by atoms with Crippen LogP contribution < -0.4 is 11.1 Å². The van der Waals surface area contributed by atoms with Crippen LogP contribution in [0, 0.1) is 5.92 Å². The average Bonchev–Trinajstić information content (AvgIpc) is 2.33. The van der Waals surface area contributed by atoms with Crippen LogP contribution in [-0.4, -0.2) is 48.2 Å². The van der Waals surface area contributed by atoms with Crippen molar-refractivity contribution in [1.82, 2.24) is 10.2 Å². The molecular weight excluding hydrogens is 268 g/mol. The number of hydrogen-bond acceptors (Lipinski definition) is 3. The van der Waals surface area contributed by atoms with Gasteiger partial charge in [-0.1, -0.05) is 13.8 Å². The number of alkyl carbamates (subject to hydrolysis) is 1. The second-order valence-corrected chi connectivity index (χ2v) is 6.37. The van der Waals surface area contributed by atoms with E-state index in [-0.39, 0.29) is 12.0 Å². The number of amides is 1. The molecule has 1 atom stereocenters. The Morgan fingerprint density at radius 1 is 1.29 bits per heavy atom. The number of aliphatic imine (C=N–C) groups is 1. The number of nitrogens with one attached hydrogen (secondary N) is 1. The van der Waals surface area contributed by atoms with Crippen LogP contribution in [0.3, 0.4) is 0 Å². The fourth-order valence-corrected chi connectivity index (χ4v) is 1.72. The molecule has 0 bridgehead atoms. The van der Waals surface area contributed by atoms with E-state index in [9.17, 15) is 4.79 Å². The highest BCUT2D eigenvalue weighted by atomic mass is 16.6. The van der Waals surface area contributed by atoms with E-state index in [0.29, 0.717) is 12.5 Å². The standard InChI is InChI=1S/C15H32N4O2/c1-8-19(9-2)13(16)17-10-12(11(3)4)18-14(20)21-15(5,6)7/h11-12H,8-10H2,1-7H3,(H2,16,17)(H,18,20). The highest BCUT2D eigenvalue weighted by molar-refractivity contribution is 5.78. The van der Waals surface area contributed by atoms with E-state index in [0.717, 1.165) is 13.1 Å². The van der Waals surface area contributed by atoms with E-state index in [2.05, 4.69) is 10.3 Å². The smallest absolute Gasteiger partial charge is 0.407 e. The van der Waals surface area contributed by atoms with Crippen molar-refractivity contribution in [2.75, 3.05) is 19.6 Å². The molecule has 0 saturated carbocycles. The Morgan fingerprint density at radius 3 is 2.19 bits per heavy atom. The van der Waals surface area contributed by atoms with E-state index < -0.39 is 11.7 Å². The SMILES string of the molecule is CCN(CC)C(N)=NCC(NC(=O)OC(C)(C)C)C(C)C. The van der Waals surface area contributed by atoms with Crippen molar-refractivity contribution in [2.45, 2.75) is 60.1 Å². The third-order valence-electron chi connectivity index (χ3n) is 3.04. The molecule has 0 aliphatic carbocycles. The summed E-state index contributed by atoms with van der Waals surface area (Å²) >= 11 is 0. The fraction of sp³-hybridized carbons (Fsp3) is 0.867. The third-order valence-corrected chi connectivity index (χ3v) is 3.04. The molecule has 0 aromatic carbocycles. The first-order chi connectivity index (χ1) is 9.60. The van der Waals surface area contributed by atoms with Crippen LogP contribution >= 0.6 is 0 Å². The number of carbonyl (C=O) groups is 1. The van der Waals surface area contributed by atoms with E-state index in [1.807, 2.05) is 53.4 Å². The molecule has 0 aromatic heterocycles. The fourth-order valence-electron chi connectivity index (χ4n) is 1.72. The number of nitrogens with zero attached hydrogens (tertiary/aromatic N) is 2. The van der Waals surface area contributed by atoms with Gasteiger partial charge in [-0.25, -0.2) is 4.79 Å². The molecule has 0 radical (unpaired) electrons. The third kappa shape index (κ3) is 8.42. The lowest BCUT2D eigenvalue weighted by Crippen LogP contribution is -2.44.